The first-order valence-corrected chi connectivity index (χ1v) is 8.98. The molecule has 0 aromatic heterocycles. The van der Waals surface area contributed by atoms with Gasteiger partial charge in [0.15, 0.2) is 0 Å². The van der Waals surface area contributed by atoms with E-state index in [0.29, 0.717) is 17.9 Å². The van der Waals surface area contributed by atoms with Crippen molar-refractivity contribution < 1.29 is 10.2 Å². The maximum absolute atomic E-state index is 10.6. The molecule has 0 saturated carbocycles. The van der Waals surface area contributed by atoms with Crippen molar-refractivity contribution in [1.29, 1.82) is 0 Å². The van der Waals surface area contributed by atoms with Gasteiger partial charge in [-0.2, -0.15) is 0 Å². The lowest BCUT2D eigenvalue weighted by Crippen LogP contribution is -2.13. The fourth-order valence-electron chi connectivity index (χ4n) is 3.28. The topological polar surface area (TPSA) is 40.5 Å². The average molecular weight is 341 g/mol. The standard InChI is InChI=1S/C23H32O2/c1-14-16(9-11-18(20(14)24)22(3,4)5)13-17-10-12-19(23(6,7)8)21(25)15(17)2/h9-12,24-25H,13H2,1-8H3. The minimum atomic E-state index is -0.0874. The summed E-state index contributed by atoms with van der Waals surface area (Å²) < 4.78 is 0. The Morgan fingerprint density at radius 2 is 0.960 bits per heavy atom. The van der Waals surface area contributed by atoms with Gasteiger partial charge in [0.2, 0.25) is 0 Å². The lowest BCUT2D eigenvalue weighted by atomic mass is 9.82. The number of aromatic hydroxyl groups is 2. The Balaban J connectivity index is 2.45. The van der Waals surface area contributed by atoms with Crippen molar-refractivity contribution >= 4 is 0 Å². The normalized spacial score (nSPS) is 12.5. The van der Waals surface area contributed by atoms with Crippen LogP contribution in [0.1, 0.15) is 74.9 Å². The molecule has 2 aromatic carbocycles. The van der Waals surface area contributed by atoms with Gasteiger partial charge < -0.3 is 10.2 Å². The predicted octanol–water partition coefficient (Wildman–Crippen LogP) is 5.90. The van der Waals surface area contributed by atoms with E-state index in [4.69, 9.17) is 0 Å². The largest absolute Gasteiger partial charge is 0.507 e. The molecule has 0 unspecified atom stereocenters. The van der Waals surface area contributed by atoms with Crippen LogP contribution in [0.5, 0.6) is 11.5 Å². The zero-order valence-electron chi connectivity index (χ0n) is 16.9. The van der Waals surface area contributed by atoms with Crippen LogP contribution < -0.4 is 0 Å². The van der Waals surface area contributed by atoms with Crippen LogP contribution in [-0.2, 0) is 17.3 Å². The maximum atomic E-state index is 10.6. The number of rotatable bonds is 2. The highest BCUT2D eigenvalue weighted by Crippen LogP contribution is 2.38. The van der Waals surface area contributed by atoms with Crippen LogP contribution in [-0.4, -0.2) is 10.2 Å². The Morgan fingerprint density at radius 1 is 0.640 bits per heavy atom. The van der Waals surface area contributed by atoms with Gasteiger partial charge in [-0.25, -0.2) is 0 Å². The van der Waals surface area contributed by atoms with E-state index in [1.165, 1.54) is 0 Å². The van der Waals surface area contributed by atoms with E-state index in [9.17, 15) is 10.2 Å². The van der Waals surface area contributed by atoms with Crippen LogP contribution in [0.4, 0.5) is 0 Å². The smallest absolute Gasteiger partial charge is 0.122 e. The SMILES string of the molecule is Cc1c(Cc2ccc(C(C)(C)C)c(O)c2C)ccc(C(C)(C)C)c1O. The molecular formula is C23H32O2. The van der Waals surface area contributed by atoms with E-state index >= 15 is 0 Å². The molecule has 0 heterocycles. The summed E-state index contributed by atoms with van der Waals surface area (Å²) in [5.74, 6) is 0.774. The van der Waals surface area contributed by atoms with Crippen LogP contribution in [0.2, 0.25) is 0 Å². The molecule has 2 N–H and O–H groups in total. The van der Waals surface area contributed by atoms with E-state index in [2.05, 4.69) is 53.7 Å². The third-order valence-electron chi connectivity index (χ3n) is 5.08. The molecule has 0 saturated heterocycles. The van der Waals surface area contributed by atoms with E-state index in [0.717, 1.165) is 33.4 Å². The second-order valence-corrected chi connectivity index (χ2v) is 9.17. The number of hydrogen-bond acceptors (Lipinski definition) is 2. The minimum absolute atomic E-state index is 0.0874. The third-order valence-corrected chi connectivity index (χ3v) is 5.08. The van der Waals surface area contributed by atoms with Crippen LogP contribution in [0.3, 0.4) is 0 Å². The zero-order chi connectivity index (χ0) is 19.2. The summed E-state index contributed by atoms with van der Waals surface area (Å²) in [4.78, 5) is 0. The first-order chi connectivity index (χ1) is 11.3. The molecule has 0 bridgehead atoms. The second-order valence-electron chi connectivity index (χ2n) is 9.17. The van der Waals surface area contributed by atoms with E-state index < -0.39 is 0 Å². The molecule has 0 aliphatic carbocycles. The van der Waals surface area contributed by atoms with E-state index in [1.54, 1.807) is 0 Å². The maximum Gasteiger partial charge on any atom is 0.122 e. The van der Waals surface area contributed by atoms with Gasteiger partial charge in [0.05, 0.1) is 0 Å². The van der Waals surface area contributed by atoms with Gasteiger partial charge >= 0.3 is 0 Å². The lowest BCUT2D eigenvalue weighted by Gasteiger charge is -2.24. The Bertz CT molecular complexity index is 720. The first kappa shape index (κ1) is 19.4. The Morgan fingerprint density at radius 3 is 1.24 bits per heavy atom. The van der Waals surface area contributed by atoms with Crippen molar-refractivity contribution in [3.63, 3.8) is 0 Å². The first-order valence-electron chi connectivity index (χ1n) is 8.98. The van der Waals surface area contributed by atoms with Gasteiger partial charge in [0.25, 0.3) is 0 Å². The van der Waals surface area contributed by atoms with Crippen LogP contribution >= 0.6 is 0 Å². The molecule has 2 heteroatoms. The number of benzene rings is 2. The lowest BCUT2D eigenvalue weighted by molar-refractivity contribution is 0.441. The van der Waals surface area contributed by atoms with E-state index in [1.807, 2.05) is 26.0 Å². The molecule has 0 aliphatic rings. The van der Waals surface area contributed by atoms with Gasteiger partial charge in [-0.15, -0.1) is 0 Å². The molecule has 136 valence electrons. The van der Waals surface area contributed by atoms with Crippen LogP contribution in [0.15, 0.2) is 24.3 Å². The Kier molecular flexibility index (Phi) is 4.96. The van der Waals surface area contributed by atoms with Gasteiger partial charge in [0, 0.05) is 0 Å². The van der Waals surface area contributed by atoms with Crippen molar-refractivity contribution in [2.75, 3.05) is 0 Å². The summed E-state index contributed by atoms with van der Waals surface area (Å²) in [6, 6.07) is 8.25. The molecule has 2 aromatic rings. The van der Waals surface area contributed by atoms with Gasteiger partial charge in [-0.3, -0.25) is 0 Å². The van der Waals surface area contributed by atoms with Gasteiger partial charge in [-0.05, 0) is 64.5 Å². The molecule has 25 heavy (non-hydrogen) atoms. The van der Waals surface area contributed by atoms with Crippen LogP contribution in [0.25, 0.3) is 0 Å². The fourth-order valence-corrected chi connectivity index (χ4v) is 3.28. The monoisotopic (exact) mass is 340 g/mol. The minimum Gasteiger partial charge on any atom is -0.507 e. The molecular weight excluding hydrogens is 308 g/mol. The summed E-state index contributed by atoms with van der Waals surface area (Å²) in [5.41, 5.74) is 5.80. The summed E-state index contributed by atoms with van der Waals surface area (Å²) in [6.07, 6.45) is 0.702. The highest BCUT2D eigenvalue weighted by atomic mass is 16.3. The van der Waals surface area contributed by atoms with Crippen molar-refractivity contribution in [2.45, 2.75) is 72.6 Å². The van der Waals surface area contributed by atoms with Gasteiger partial charge in [0.1, 0.15) is 11.5 Å². The number of phenolic OH excluding ortho intramolecular Hbond substituents is 2. The molecule has 0 spiro atoms. The molecule has 0 fully saturated rings. The summed E-state index contributed by atoms with van der Waals surface area (Å²) in [7, 11) is 0. The number of hydrogen-bond donors (Lipinski definition) is 2. The van der Waals surface area contributed by atoms with Crippen molar-refractivity contribution in [3.8, 4) is 11.5 Å². The highest BCUT2D eigenvalue weighted by molar-refractivity contribution is 5.52. The zero-order valence-corrected chi connectivity index (χ0v) is 16.9. The predicted molar refractivity (Wildman–Crippen MR) is 106 cm³/mol. The fraction of sp³-hybridized carbons (Fsp3) is 0.478. The van der Waals surface area contributed by atoms with Crippen molar-refractivity contribution in [1.82, 2.24) is 0 Å². The molecule has 0 atom stereocenters. The summed E-state index contributed by atoms with van der Waals surface area (Å²) in [6.45, 7) is 16.6. The van der Waals surface area contributed by atoms with E-state index in [-0.39, 0.29) is 10.8 Å². The van der Waals surface area contributed by atoms with Crippen LogP contribution in [0, 0.1) is 13.8 Å². The quantitative estimate of drug-likeness (QED) is 0.714. The molecule has 0 amide bonds. The van der Waals surface area contributed by atoms with Crippen molar-refractivity contribution in [3.05, 3.63) is 57.6 Å². The molecule has 2 rings (SSSR count). The Labute approximate surface area is 152 Å². The van der Waals surface area contributed by atoms with Crippen molar-refractivity contribution in [2.24, 2.45) is 0 Å². The summed E-state index contributed by atoms with van der Waals surface area (Å²) >= 11 is 0. The molecule has 0 aliphatic heterocycles. The second kappa shape index (κ2) is 6.40. The number of phenols is 2. The third kappa shape index (κ3) is 3.84. The Hall–Kier alpha value is -1.96. The summed E-state index contributed by atoms with van der Waals surface area (Å²) in [5, 5.41) is 21.2. The molecule has 2 nitrogen and oxygen atoms in total. The average Bonchev–Trinajstić information content (AvgIpc) is 2.46. The van der Waals surface area contributed by atoms with Gasteiger partial charge in [-0.1, -0.05) is 65.8 Å². The highest BCUT2D eigenvalue weighted by Gasteiger charge is 2.22. The molecule has 0 radical (unpaired) electrons.